The van der Waals surface area contributed by atoms with Crippen LogP contribution in [0.4, 0.5) is 0 Å². The van der Waals surface area contributed by atoms with Crippen molar-refractivity contribution in [2.24, 2.45) is 7.05 Å². The Hall–Kier alpha value is -4.07. The Labute approximate surface area is 159 Å². The summed E-state index contributed by atoms with van der Waals surface area (Å²) in [5.41, 5.74) is 1.31. The van der Waals surface area contributed by atoms with Crippen molar-refractivity contribution in [1.82, 2.24) is 19.5 Å². The zero-order chi connectivity index (χ0) is 19.8. The Bertz CT molecular complexity index is 1120. The summed E-state index contributed by atoms with van der Waals surface area (Å²) in [6.45, 7) is 0. The first-order chi connectivity index (χ1) is 13.4. The number of hydrogen-bond donors (Lipinski definition) is 4. The fourth-order valence-corrected chi connectivity index (χ4v) is 2.84. The quantitative estimate of drug-likeness (QED) is 0.433. The van der Waals surface area contributed by atoms with E-state index in [4.69, 9.17) is 0 Å². The van der Waals surface area contributed by atoms with E-state index in [1.807, 2.05) is 29.9 Å². The number of aryl methyl sites for hydroxylation is 1. The number of aromatic hydroxyl groups is 4. The first-order valence-corrected chi connectivity index (χ1v) is 8.35. The lowest BCUT2D eigenvalue weighted by Crippen LogP contribution is -2.02. The largest absolute Gasteiger partial charge is 0.508 e. The van der Waals surface area contributed by atoms with Crippen molar-refractivity contribution < 1.29 is 20.4 Å². The van der Waals surface area contributed by atoms with Crippen LogP contribution in [0, 0.1) is 0 Å². The molecule has 28 heavy (non-hydrogen) atoms. The van der Waals surface area contributed by atoms with E-state index in [1.54, 1.807) is 0 Å². The van der Waals surface area contributed by atoms with Crippen molar-refractivity contribution in [3.8, 4) is 57.3 Å². The highest BCUT2D eigenvalue weighted by Gasteiger charge is 2.17. The molecule has 0 radical (unpaired) electrons. The second-order valence-corrected chi connectivity index (χ2v) is 6.21. The second kappa shape index (κ2) is 6.58. The summed E-state index contributed by atoms with van der Waals surface area (Å²) in [5, 5.41) is 39.5. The first-order valence-electron chi connectivity index (χ1n) is 8.35. The number of phenolic OH excluding ortho intramolecular Hbond substituents is 4. The molecule has 4 rings (SSSR count). The van der Waals surface area contributed by atoms with Crippen molar-refractivity contribution in [3.05, 3.63) is 54.7 Å². The maximum Gasteiger partial charge on any atom is 0.180 e. The maximum atomic E-state index is 10.2. The van der Waals surface area contributed by atoms with Gasteiger partial charge in [0.1, 0.15) is 23.0 Å². The monoisotopic (exact) mass is 376 g/mol. The average molecular weight is 376 g/mol. The van der Waals surface area contributed by atoms with Gasteiger partial charge >= 0.3 is 0 Å². The van der Waals surface area contributed by atoms with Gasteiger partial charge in [-0.15, -0.1) is 0 Å². The van der Waals surface area contributed by atoms with Gasteiger partial charge in [-0.1, -0.05) is 0 Å². The van der Waals surface area contributed by atoms with Crippen LogP contribution >= 0.6 is 0 Å². The Morgan fingerprint density at radius 3 is 1.61 bits per heavy atom. The number of aromatic nitrogens is 4. The minimum absolute atomic E-state index is 0.0885. The molecule has 0 atom stereocenters. The fraction of sp³-hybridized carbons (Fsp3) is 0.0500. The molecule has 0 aliphatic carbocycles. The smallest absolute Gasteiger partial charge is 0.180 e. The molecule has 0 bridgehead atoms. The first kappa shape index (κ1) is 17.3. The molecule has 0 fully saturated rings. The van der Waals surface area contributed by atoms with Gasteiger partial charge in [-0.3, -0.25) is 0 Å². The minimum Gasteiger partial charge on any atom is -0.508 e. The van der Waals surface area contributed by atoms with Crippen LogP contribution in [-0.4, -0.2) is 39.9 Å². The molecule has 4 N–H and O–H groups in total. The molecule has 0 saturated carbocycles. The number of rotatable bonds is 3. The van der Waals surface area contributed by atoms with Gasteiger partial charge in [0.2, 0.25) is 0 Å². The van der Waals surface area contributed by atoms with Crippen LogP contribution in [0.2, 0.25) is 0 Å². The molecular formula is C20H16N4O4. The van der Waals surface area contributed by atoms with Crippen molar-refractivity contribution in [3.63, 3.8) is 0 Å². The Balaban J connectivity index is 1.97. The van der Waals surface area contributed by atoms with Gasteiger partial charge < -0.3 is 25.0 Å². The van der Waals surface area contributed by atoms with Gasteiger partial charge in [-0.25, -0.2) is 15.0 Å². The van der Waals surface area contributed by atoms with E-state index in [-0.39, 0.29) is 34.6 Å². The van der Waals surface area contributed by atoms with Crippen LogP contribution < -0.4 is 0 Å². The van der Waals surface area contributed by atoms with Crippen molar-refractivity contribution in [1.29, 1.82) is 0 Å². The number of nitrogens with zero attached hydrogens (tertiary/aromatic N) is 4. The van der Waals surface area contributed by atoms with E-state index in [0.717, 1.165) is 0 Å². The van der Waals surface area contributed by atoms with Gasteiger partial charge in [0.15, 0.2) is 17.5 Å². The van der Waals surface area contributed by atoms with Crippen LogP contribution in [0.25, 0.3) is 34.3 Å². The molecule has 0 aliphatic heterocycles. The van der Waals surface area contributed by atoms with Gasteiger partial charge in [0.05, 0.1) is 16.8 Å². The van der Waals surface area contributed by atoms with Gasteiger partial charge in [-0.2, -0.15) is 0 Å². The van der Waals surface area contributed by atoms with Crippen molar-refractivity contribution in [2.45, 2.75) is 0 Å². The Kier molecular flexibility index (Phi) is 4.08. The fourth-order valence-electron chi connectivity index (χ4n) is 2.84. The molecule has 0 spiro atoms. The minimum atomic E-state index is -0.190. The predicted octanol–water partition coefficient (Wildman–Crippen LogP) is 3.03. The van der Waals surface area contributed by atoms with E-state index in [2.05, 4.69) is 15.0 Å². The van der Waals surface area contributed by atoms with Crippen molar-refractivity contribution >= 4 is 0 Å². The van der Waals surface area contributed by atoms with Crippen LogP contribution in [0.3, 0.4) is 0 Å². The molecular weight excluding hydrogens is 360 g/mol. The number of hydrogen-bond acceptors (Lipinski definition) is 7. The van der Waals surface area contributed by atoms with Crippen LogP contribution in [-0.2, 0) is 7.05 Å². The lowest BCUT2D eigenvalue weighted by Gasteiger charge is -2.10. The van der Waals surface area contributed by atoms with Gasteiger partial charge in [-0.05, 0) is 36.4 Å². The van der Waals surface area contributed by atoms with E-state index >= 15 is 0 Å². The molecule has 2 aromatic carbocycles. The molecule has 0 amide bonds. The molecule has 0 aliphatic rings. The third-order valence-corrected chi connectivity index (χ3v) is 4.25. The summed E-state index contributed by atoms with van der Waals surface area (Å²) in [6, 6.07) is 11.9. The summed E-state index contributed by atoms with van der Waals surface area (Å²) in [6.07, 6.45) is 1.84. The molecule has 140 valence electrons. The normalized spacial score (nSPS) is 10.9. The SMILES string of the molecule is Cn1cccc1-c1nc(-c2ccc(O)cc2O)nc(-c2ccc(O)cc2O)n1. The van der Waals surface area contributed by atoms with E-state index in [1.165, 1.54) is 36.4 Å². The third kappa shape index (κ3) is 3.07. The van der Waals surface area contributed by atoms with Crippen LogP contribution in [0.5, 0.6) is 23.0 Å². The Morgan fingerprint density at radius 2 is 1.18 bits per heavy atom. The molecule has 2 heterocycles. The summed E-state index contributed by atoms with van der Waals surface area (Å²) in [5.74, 6) is 0.128. The highest BCUT2D eigenvalue weighted by atomic mass is 16.3. The standard InChI is InChI=1S/C20H16N4O4/c1-24-8-2-3-15(24)20-22-18(13-6-4-11(25)9-16(13)27)21-19(23-20)14-7-5-12(26)10-17(14)28/h2-10,25-28H,1H3. The highest BCUT2D eigenvalue weighted by molar-refractivity contribution is 5.72. The summed E-state index contributed by atoms with van der Waals surface area (Å²) in [4.78, 5) is 13.3. The lowest BCUT2D eigenvalue weighted by molar-refractivity contribution is 0.451. The average Bonchev–Trinajstić information content (AvgIpc) is 3.07. The summed E-state index contributed by atoms with van der Waals surface area (Å²) < 4.78 is 1.83. The molecule has 2 aromatic heterocycles. The van der Waals surface area contributed by atoms with Gasteiger partial charge in [0, 0.05) is 25.4 Å². The third-order valence-electron chi connectivity index (χ3n) is 4.25. The molecule has 8 heteroatoms. The summed E-state index contributed by atoms with van der Waals surface area (Å²) >= 11 is 0. The second-order valence-electron chi connectivity index (χ2n) is 6.21. The number of phenols is 4. The highest BCUT2D eigenvalue weighted by Crippen LogP contribution is 2.34. The predicted molar refractivity (Wildman–Crippen MR) is 102 cm³/mol. The number of benzene rings is 2. The zero-order valence-corrected chi connectivity index (χ0v) is 14.8. The van der Waals surface area contributed by atoms with Gasteiger partial charge in [0.25, 0.3) is 0 Å². The topological polar surface area (TPSA) is 125 Å². The van der Waals surface area contributed by atoms with Crippen LogP contribution in [0.1, 0.15) is 0 Å². The summed E-state index contributed by atoms with van der Waals surface area (Å²) in [7, 11) is 1.84. The molecule has 0 saturated heterocycles. The van der Waals surface area contributed by atoms with E-state index in [0.29, 0.717) is 22.6 Å². The van der Waals surface area contributed by atoms with Crippen molar-refractivity contribution in [2.75, 3.05) is 0 Å². The van der Waals surface area contributed by atoms with E-state index in [9.17, 15) is 20.4 Å². The zero-order valence-electron chi connectivity index (χ0n) is 14.8. The van der Waals surface area contributed by atoms with E-state index < -0.39 is 0 Å². The molecule has 4 aromatic rings. The Morgan fingerprint density at radius 1 is 0.679 bits per heavy atom. The lowest BCUT2D eigenvalue weighted by atomic mass is 10.1. The molecule has 8 nitrogen and oxygen atoms in total. The molecule has 0 unspecified atom stereocenters. The van der Waals surface area contributed by atoms with Crippen LogP contribution in [0.15, 0.2) is 54.7 Å². The maximum absolute atomic E-state index is 10.2.